The van der Waals surface area contributed by atoms with Gasteiger partial charge in [0.1, 0.15) is 5.82 Å². The molecule has 2 heterocycles. The smallest absolute Gasteiger partial charge is 0.292 e. The Bertz CT molecular complexity index is 869. The van der Waals surface area contributed by atoms with E-state index >= 15 is 0 Å². The van der Waals surface area contributed by atoms with Gasteiger partial charge in [0, 0.05) is 5.69 Å². The van der Waals surface area contributed by atoms with Gasteiger partial charge in [0.15, 0.2) is 6.04 Å². The number of carbonyl (C=O) groups excluding carboxylic acids is 2. The highest BCUT2D eigenvalue weighted by molar-refractivity contribution is 6.31. The van der Waals surface area contributed by atoms with Gasteiger partial charge < -0.3 is 9.80 Å². The molecule has 1 atom stereocenters. The van der Waals surface area contributed by atoms with Gasteiger partial charge in [-0.05, 0) is 30.3 Å². The number of quaternary nitrogens is 1. The van der Waals surface area contributed by atoms with Gasteiger partial charge in [-0.25, -0.2) is 9.29 Å². The first-order valence-corrected chi connectivity index (χ1v) is 9.39. The van der Waals surface area contributed by atoms with E-state index in [0.29, 0.717) is 5.69 Å². The van der Waals surface area contributed by atoms with Crippen molar-refractivity contribution in [3.63, 3.8) is 0 Å². The lowest BCUT2D eigenvalue weighted by Gasteiger charge is -2.35. The lowest BCUT2D eigenvalue weighted by molar-refractivity contribution is -0.915. The summed E-state index contributed by atoms with van der Waals surface area (Å²) in [5.41, 5.74) is 1.51. The second kappa shape index (κ2) is 7.29. The molecule has 0 aromatic heterocycles. The monoisotopic (exact) mass is 388 g/mol. The minimum absolute atomic E-state index is 0.0969. The molecular formula is C20H20ClFN3O2+. The Labute approximate surface area is 161 Å². The largest absolute Gasteiger partial charge is 0.360 e. The van der Waals surface area contributed by atoms with E-state index < -0.39 is 5.82 Å². The minimum atomic E-state index is -0.571. The number of carbonyl (C=O) groups is 2. The molecule has 0 bridgehead atoms. The van der Waals surface area contributed by atoms with Crippen LogP contribution in [0.2, 0.25) is 5.02 Å². The van der Waals surface area contributed by atoms with Gasteiger partial charge in [-0.2, -0.15) is 0 Å². The van der Waals surface area contributed by atoms with Crippen molar-refractivity contribution in [1.29, 1.82) is 0 Å². The van der Waals surface area contributed by atoms with E-state index in [1.54, 1.807) is 0 Å². The van der Waals surface area contributed by atoms with Crippen LogP contribution in [0.4, 0.5) is 15.8 Å². The molecule has 0 saturated carbocycles. The van der Waals surface area contributed by atoms with Crippen molar-refractivity contribution in [2.45, 2.75) is 12.5 Å². The Hall–Kier alpha value is -2.44. The van der Waals surface area contributed by atoms with Crippen LogP contribution in [0.5, 0.6) is 0 Å². The number of anilines is 2. The van der Waals surface area contributed by atoms with Crippen molar-refractivity contribution in [3.05, 3.63) is 59.4 Å². The molecule has 2 aromatic rings. The second-order valence-electron chi connectivity index (χ2n) is 6.90. The zero-order valence-electron chi connectivity index (χ0n) is 14.7. The first kappa shape index (κ1) is 17.9. The van der Waals surface area contributed by atoms with Crippen LogP contribution in [-0.4, -0.2) is 44.0 Å². The van der Waals surface area contributed by atoms with E-state index in [9.17, 15) is 14.0 Å². The van der Waals surface area contributed by atoms with Crippen molar-refractivity contribution in [2.24, 2.45) is 0 Å². The minimum Gasteiger partial charge on any atom is -0.360 e. The van der Waals surface area contributed by atoms with Gasteiger partial charge in [-0.3, -0.25) is 9.59 Å². The van der Waals surface area contributed by atoms with Crippen LogP contribution in [0.15, 0.2) is 48.5 Å². The third-order valence-corrected chi connectivity index (χ3v) is 5.62. The maximum Gasteiger partial charge on any atom is 0.292 e. The molecule has 2 aliphatic rings. The van der Waals surface area contributed by atoms with Gasteiger partial charge in [0.25, 0.3) is 5.91 Å². The van der Waals surface area contributed by atoms with Crippen molar-refractivity contribution in [1.82, 2.24) is 0 Å². The predicted octanol–water partition coefficient (Wildman–Crippen LogP) is 1.52. The number of imide groups is 1. The van der Waals surface area contributed by atoms with Crippen LogP contribution < -0.4 is 14.7 Å². The topological polar surface area (TPSA) is 45.1 Å². The molecule has 0 unspecified atom stereocenters. The molecule has 0 radical (unpaired) electrons. The zero-order chi connectivity index (χ0) is 19.0. The summed E-state index contributed by atoms with van der Waals surface area (Å²) in [6.07, 6.45) is 0.175. The third kappa shape index (κ3) is 3.42. The average Bonchev–Trinajstić information content (AvgIpc) is 2.99. The van der Waals surface area contributed by atoms with Crippen molar-refractivity contribution in [2.75, 3.05) is 36.0 Å². The second-order valence-corrected chi connectivity index (χ2v) is 7.31. The molecule has 2 saturated heterocycles. The lowest BCUT2D eigenvalue weighted by atomic mass is 10.1. The van der Waals surface area contributed by atoms with Crippen molar-refractivity contribution >= 4 is 34.8 Å². The van der Waals surface area contributed by atoms with E-state index in [4.69, 9.17) is 11.6 Å². The van der Waals surface area contributed by atoms with Crippen molar-refractivity contribution < 1.29 is 18.9 Å². The number of benzene rings is 2. The van der Waals surface area contributed by atoms with Gasteiger partial charge in [0.2, 0.25) is 5.91 Å². The Morgan fingerprint density at radius 1 is 1.00 bits per heavy atom. The number of amides is 2. The normalized spacial score (nSPS) is 21.2. The molecule has 2 aliphatic heterocycles. The Morgan fingerprint density at radius 3 is 2.37 bits per heavy atom. The quantitative estimate of drug-likeness (QED) is 0.811. The molecule has 0 spiro atoms. The molecule has 140 valence electrons. The highest BCUT2D eigenvalue weighted by Gasteiger charge is 2.46. The van der Waals surface area contributed by atoms with Crippen LogP contribution in [0.1, 0.15) is 6.42 Å². The molecule has 2 aromatic carbocycles. The maximum atomic E-state index is 13.4. The van der Waals surface area contributed by atoms with Crippen LogP contribution in [0.3, 0.4) is 0 Å². The van der Waals surface area contributed by atoms with Gasteiger partial charge in [-0.15, -0.1) is 0 Å². The van der Waals surface area contributed by atoms with E-state index in [2.05, 4.69) is 17.0 Å². The number of piperazine rings is 1. The summed E-state index contributed by atoms with van der Waals surface area (Å²) in [7, 11) is 0. The summed E-state index contributed by atoms with van der Waals surface area (Å²) in [5, 5.41) is -0.0969. The van der Waals surface area contributed by atoms with Crippen LogP contribution in [-0.2, 0) is 9.59 Å². The summed E-state index contributed by atoms with van der Waals surface area (Å²) in [4.78, 5) is 29.9. The van der Waals surface area contributed by atoms with E-state index in [1.165, 1.54) is 23.9 Å². The Kier molecular flexibility index (Phi) is 4.85. The maximum absolute atomic E-state index is 13.4. The van der Waals surface area contributed by atoms with Crippen molar-refractivity contribution in [3.8, 4) is 0 Å². The van der Waals surface area contributed by atoms with Crippen LogP contribution in [0.25, 0.3) is 0 Å². The Morgan fingerprint density at radius 2 is 1.70 bits per heavy atom. The number of nitrogens with one attached hydrogen (secondary N) is 1. The zero-order valence-corrected chi connectivity index (χ0v) is 15.5. The summed E-state index contributed by atoms with van der Waals surface area (Å²) >= 11 is 5.81. The van der Waals surface area contributed by atoms with Crippen LogP contribution >= 0.6 is 11.6 Å². The van der Waals surface area contributed by atoms with Crippen LogP contribution in [0, 0.1) is 5.82 Å². The fourth-order valence-electron chi connectivity index (χ4n) is 3.89. The average molecular weight is 389 g/mol. The Balaban J connectivity index is 1.45. The standard InChI is InChI=1S/C20H19ClFN3O2/c21-16-12-15(6-7-17(16)22)25-19(26)13-18(20(25)27)24-10-8-23(9-11-24)14-4-2-1-3-5-14/h1-7,12,18H,8-11,13H2/p+1/t18-/m1/s1. The molecule has 5 nitrogen and oxygen atoms in total. The molecule has 0 aliphatic carbocycles. The summed E-state index contributed by atoms with van der Waals surface area (Å²) in [5.74, 6) is -1.06. The molecule has 1 N–H and O–H groups in total. The highest BCUT2D eigenvalue weighted by atomic mass is 35.5. The fraction of sp³-hybridized carbons (Fsp3) is 0.300. The predicted molar refractivity (Wildman–Crippen MR) is 102 cm³/mol. The van der Waals surface area contributed by atoms with Gasteiger partial charge >= 0.3 is 0 Å². The molecule has 7 heteroatoms. The molecular weight excluding hydrogens is 369 g/mol. The summed E-state index contributed by atoms with van der Waals surface area (Å²) in [6.45, 7) is 3.24. The highest BCUT2D eigenvalue weighted by Crippen LogP contribution is 2.26. The molecule has 4 rings (SSSR count). The molecule has 27 heavy (non-hydrogen) atoms. The van der Waals surface area contributed by atoms with E-state index in [1.807, 2.05) is 18.2 Å². The SMILES string of the molecule is O=C1C[C@@H]([NH+]2CCN(c3ccccc3)CC2)C(=O)N1c1ccc(F)c(Cl)c1. The molecule has 2 fully saturated rings. The molecule has 2 amide bonds. The number of nitrogens with zero attached hydrogens (tertiary/aromatic N) is 2. The van der Waals surface area contributed by atoms with Gasteiger partial charge in [-0.1, -0.05) is 29.8 Å². The number of halogens is 2. The van der Waals surface area contributed by atoms with E-state index in [-0.39, 0.29) is 29.3 Å². The number of rotatable bonds is 3. The first-order valence-electron chi connectivity index (χ1n) is 9.01. The first-order chi connectivity index (χ1) is 13.0. The number of hydrogen-bond acceptors (Lipinski definition) is 3. The van der Waals surface area contributed by atoms with Gasteiger partial charge in [0.05, 0.1) is 43.3 Å². The lowest BCUT2D eigenvalue weighted by Crippen LogP contribution is -3.19. The fourth-order valence-corrected chi connectivity index (χ4v) is 4.06. The number of hydrogen-bond donors (Lipinski definition) is 1. The summed E-state index contributed by atoms with van der Waals surface area (Å²) < 4.78 is 13.4. The number of para-hydroxylation sites is 1. The third-order valence-electron chi connectivity index (χ3n) is 5.33. The van der Waals surface area contributed by atoms with E-state index in [0.717, 1.165) is 36.0 Å². The summed E-state index contributed by atoms with van der Waals surface area (Å²) in [6, 6.07) is 13.7.